The van der Waals surface area contributed by atoms with Crippen molar-refractivity contribution >= 4 is 17.9 Å². The first-order valence-electron chi connectivity index (χ1n) is 5.45. The van der Waals surface area contributed by atoms with E-state index in [9.17, 15) is 14.4 Å². The van der Waals surface area contributed by atoms with Gasteiger partial charge in [0.25, 0.3) is 0 Å². The van der Waals surface area contributed by atoms with Gasteiger partial charge >= 0.3 is 12.0 Å². The summed E-state index contributed by atoms with van der Waals surface area (Å²) in [6.45, 7) is 3.44. The van der Waals surface area contributed by atoms with Crippen LogP contribution < -0.4 is 16.4 Å². The number of hydrogen-bond acceptors (Lipinski definition) is 3. The number of carboxylic acid groups (broad SMARTS) is 1. The minimum absolute atomic E-state index is 0.0128. The van der Waals surface area contributed by atoms with Crippen molar-refractivity contribution in [1.29, 1.82) is 0 Å². The number of carbonyl (C=O) groups is 3. The minimum atomic E-state index is -1.08. The van der Waals surface area contributed by atoms with Gasteiger partial charge in [-0.15, -0.1) is 0 Å². The van der Waals surface area contributed by atoms with E-state index in [0.717, 1.165) is 0 Å². The summed E-state index contributed by atoms with van der Waals surface area (Å²) < 4.78 is 0. The highest BCUT2D eigenvalue weighted by molar-refractivity contribution is 5.83. The summed E-state index contributed by atoms with van der Waals surface area (Å²) in [7, 11) is 0. The maximum Gasteiger partial charge on any atom is 0.326 e. The van der Waals surface area contributed by atoms with E-state index in [-0.39, 0.29) is 6.42 Å². The third-order valence-electron chi connectivity index (χ3n) is 2.07. The summed E-state index contributed by atoms with van der Waals surface area (Å²) in [6, 6.07) is -1.95. The Morgan fingerprint density at radius 3 is 2.29 bits per heavy atom. The molecule has 0 saturated carbocycles. The van der Waals surface area contributed by atoms with Crippen molar-refractivity contribution in [1.82, 2.24) is 10.6 Å². The van der Waals surface area contributed by atoms with Crippen LogP contribution in [0.1, 0.15) is 33.1 Å². The van der Waals surface area contributed by atoms with E-state index in [1.807, 2.05) is 6.92 Å². The van der Waals surface area contributed by atoms with Crippen LogP contribution in [0.4, 0.5) is 4.79 Å². The highest BCUT2D eigenvalue weighted by Gasteiger charge is 2.19. The highest BCUT2D eigenvalue weighted by Crippen LogP contribution is 1.97. The smallest absolute Gasteiger partial charge is 0.326 e. The largest absolute Gasteiger partial charge is 0.480 e. The second-order valence-corrected chi connectivity index (χ2v) is 3.87. The molecule has 2 atom stereocenters. The van der Waals surface area contributed by atoms with E-state index >= 15 is 0 Å². The Morgan fingerprint density at radius 2 is 1.88 bits per heavy atom. The molecule has 7 nitrogen and oxygen atoms in total. The average molecular weight is 245 g/mol. The fraction of sp³-hybridized carbons (Fsp3) is 0.700. The van der Waals surface area contributed by atoms with Crippen LogP contribution in [0.15, 0.2) is 0 Å². The van der Waals surface area contributed by atoms with Gasteiger partial charge in [0.15, 0.2) is 0 Å². The summed E-state index contributed by atoms with van der Waals surface area (Å²) >= 11 is 0. The van der Waals surface area contributed by atoms with Gasteiger partial charge in [-0.3, -0.25) is 4.79 Å². The predicted molar refractivity (Wildman–Crippen MR) is 61.3 cm³/mol. The molecule has 7 heteroatoms. The molecule has 0 spiro atoms. The Kier molecular flexibility index (Phi) is 6.69. The normalized spacial score (nSPS) is 13.5. The van der Waals surface area contributed by atoms with Crippen molar-refractivity contribution in [2.75, 3.05) is 0 Å². The van der Waals surface area contributed by atoms with E-state index in [0.29, 0.717) is 12.8 Å². The predicted octanol–water partition coefficient (Wildman–Crippen LogP) is -0.197. The number of nitrogens with two attached hydrogens (primary N) is 1. The number of carboxylic acids is 1. The van der Waals surface area contributed by atoms with Gasteiger partial charge < -0.3 is 21.5 Å². The average Bonchev–Trinajstić information content (AvgIpc) is 2.14. The molecule has 0 rings (SSSR count). The second kappa shape index (κ2) is 7.48. The summed E-state index contributed by atoms with van der Waals surface area (Å²) in [4.78, 5) is 32.7. The van der Waals surface area contributed by atoms with Gasteiger partial charge in [-0.2, -0.15) is 0 Å². The molecule has 0 aliphatic carbocycles. The molecule has 0 aromatic carbocycles. The zero-order valence-corrected chi connectivity index (χ0v) is 10.0. The minimum Gasteiger partial charge on any atom is -0.480 e. The zero-order valence-electron chi connectivity index (χ0n) is 10.0. The zero-order chi connectivity index (χ0) is 13.4. The van der Waals surface area contributed by atoms with Gasteiger partial charge in [0.2, 0.25) is 5.91 Å². The molecule has 0 radical (unpaired) electrons. The van der Waals surface area contributed by atoms with Gasteiger partial charge in [-0.05, 0) is 13.3 Å². The number of hydrogen-bond donors (Lipinski definition) is 4. The van der Waals surface area contributed by atoms with Crippen LogP contribution >= 0.6 is 0 Å². The molecular weight excluding hydrogens is 226 g/mol. The number of aliphatic carboxylic acids is 1. The van der Waals surface area contributed by atoms with Crippen molar-refractivity contribution < 1.29 is 19.5 Å². The third kappa shape index (κ3) is 7.15. The van der Waals surface area contributed by atoms with Crippen molar-refractivity contribution in [2.45, 2.75) is 45.2 Å². The summed E-state index contributed by atoms with van der Waals surface area (Å²) in [5, 5.41) is 13.6. The molecule has 0 aliphatic rings. The first kappa shape index (κ1) is 15.2. The summed E-state index contributed by atoms with van der Waals surface area (Å²) in [5.74, 6) is -1.61. The topological polar surface area (TPSA) is 122 Å². The van der Waals surface area contributed by atoms with Gasteiger partial charge in [0, 0.05) is 12.5 Å². The maximum atomic E-state index is 11.4. The Bertz CT molecular complexity index is 293. The monoisotopic (exact) mass is 245 g/mol. The molecule has 0 aromatic heterocycles. The van der Waals surface area contributed by atoms with Crippen LogP contribution in [0, 0.1) is 0 Å². The lowest BCUT2D eigenvalue weighted by molar-refractivity contribution is -0.139. The molecule has 0 bridgehead atoms. The number of carbonyl (C=O) groups excluding carboxylic acids is 2. The Morgan fingerprint density at radius 1 is 1.29 bits per heavy atom. The van der Waals surface area contributed by atoms with Gasteiger partial charge in [-0.1, -0.05) is 13.3 Å². The van der Waals surface area contributed by atoms with E-state index in [1.165, 1.54) is 0 Å². The number of rotatable bonds is 7. The van der Waals surface area contributed by atoms with Crippen LogP contribution in [-0.4, -0.2) is 35.1 Å². The summed E-state index contributed by atoms with van der Waals surface area (Å²) in [6.07, 6.45) is 1.01. The molecule has 5 N–H and O–H groups in total. The molecule has 0 aliphatic heterocycles. The Balaban J connectivity index is 4.14. The van der Waals surface area contributed by atoms with Crippen molar-refractivity contribution in [3.05, 3.63) is 0 Å². The quantitative estimate of drug-likeness (QED) is 0.496. The first-order valence-corrected chi connectivity index (χ1v) is 5.45. The van der Waals surface area contributed by atoms with Crippen LogP contribution in [0.25, 0.3) is 0 Å². The number of primary amides is 1. The van der Waals surface area contributed by atoms with Gasteiger partial charge in [0.05, 0.1) is 0 Å². The third-order valence-corrected chi connectivity index (χ3v) is 2.07. The molecule has 0 heterocycles. The number of amides is 3. The number of urea groups is 1. The van der Waals surface area contributed by atoms with Crippen LogP contribution in [0.2, 0.25) is 0 Å². The summed E-state index contributed by atoms with van der Waals surface area (Å²) in [5.41, 5.74) is 4.96. The Hall–Kier alpha value is -1.79. The SMILES string of the molecule is CCCC(NC(=O)NC(C)CC(N)=O)C(=O)O. The lowest BCUT2D eigenvalue weighted by Gasteiger charge is -2.17. The van der Waals surface area contributed by atoms with E-state index in [2.05, 4.69) is 10.6 Å². The van der Waals surface area contributed by atoms with Crippen molar-refractivity contribution in [2.24, 2.45) is 5.73 Å². The highest BCUT2D eigenvalue weighted by atomic mass is 16.4. The molecule has 0 aromatic rings. The van der Waals surface area contributed by atoms with Crippen molar-refractivity contribution in [3.63, 3.8) is 0 Å². The van der Waals surface area contributed by atoms with Crippen LogP contribution in [-0.2, 0) is 9.59 Å². The number of nitrogens with one attached hydrogen (secondary N) is 2. The van der Waals surface area contributed by atoms with Gasteiger partial charge in [0.1, 0.15) is 6.04 Å². The lowest BCUT2D eigenvalue weighted by atomic mass is 10.2. The molecule has 0 fully saturated rings. The lowest BCUT2D eigenvalue weighted by Crippen LogP contribution is -2.48. The van der Waals surface area contributed by atoms with Crippen LogP contribution in [0.5, 0.6) is 0 Å². The fourth-order valence-electron chi connectivity index (χ4n) is 1.32. The maximum absolute atomic E-state index is 11.4. The molecule has 2 unspecified atom stereocenters. The van der Waals surface area contributed by atoms with E-state index in [4.69, 9.17) is 10.8 Å². The second-order valence-electron chi connectivity index (χ2n) is 3.87. The molecule has 98 valence electrons. The first-order chi connectivity index (χ1) is 7.86. The van der Waals surface area contributed by atoms with Crippen molar-refractivity contribution in [3.8, 4) is 0 Å². The van der Waals surface area contributed by atoms with Crippen LogP contribution in [0.3, 0.4) is 0 Å². The molecule has 3 amide bonds. The fourth-order valence-corrected chi connectivity index (χ4v) is 1.32. The molecular formula is C10H19N3O4. The Labute approximate surface area is 99.7 Å². The van der Waals surface area contributed by atoms with Gasteiger partial charge in [-0.25, -0.2) is 9.59 Å². The van der Waals surface area contributed by atoms with E-state index in [1.54, 1.807) is 6.92 Å². The molecule has 0 saturated heterocycles. The van der Waals surface area contributed by atoms with E-state index < -0.39 is 30.0 Å². The molecule has 17 heavy (non-hydrogen) atoms. The standard InChI is InChI=1S/C10H19N3O4/c1-3-4-7(9(15)16)13-10(17)12-6(2)5-8(11)14/h6-7H,3-5H2,1-2H3,(H2,11,14)(H,15,16)(H2,12,13,17).